The standard InChI is InChI=1S/C13H23NOS/c1-10(2)14(11(3)4)13(15)16-12-8-6-5-7-9-12/h6,8,10-12H,5,7,9H2,1-4H3. The number of hydrogen-bond donors (Lipinski definition) is 0. The summed E-state index contributed by atoms with van der Waals surface area (Å²) in [6.45, 7) is 8.31. The zero-order valence-electron chi connectivity index (χ0n) is 10.8. The van der Waals surface area contributed by atoms with E-state index in [4.69, 9.17) is 0 Å². The van der Waals surface area contributed by atoms with E-state index < -0.39 is 0 Å². The molecule has 0 aromatic heterocycles. The van der Waals surface area contributed by atoms with Crippen LogP contribution >= 0.6 is 11.8 Å². The predicted molar refractivity (Wildman–Crippen MR) is 71.9 cm³/mol. The number of amides is 1. The lowest BCUT2D eigenvalue weighted by Crippen LogP contribution is -2.40. The summed E-state index contributed by atoms with van der Waals surface area (Å²) < 4.78 is 0. The summed E-state index contributed by atoms with van der Waals surface area (Å²) in [6.07, 6.45) is 7.90. The molecule has 0 fully saturated rings. The molecule has 1 rings (SSSR count). The molecule has 1 amide bonds. The van der Waals surface area contributed by atoms with Gasteiger partial charge in [0, 0.05) is 17.3 Å². The van der Waals surface area contributed by atoms with Gasteiger partial charge in [-0.25, -0.2) is 0 Å². The quantitative estimate of drug-likeness (QED) is 0.694. The van der Waals surface area contributed by atoms with Crippen LogP contribution in [0, 0.1) is 0 Å². The largest absolute Gasteiger partial charge is 0.329 e. The first kappa shape index (κ1) is 13.6. The molecule has 92 valence electrons. The Kier molecular flexibility index (Phi) is 5.39. The van der Waals surface area contributed by atoms with Gasteiger partial charge in [0.2, 0.25) is 0 Å². The van der Waals surface area contributed by atoms with Crippen LogP contribution in [0.4, 0.5) is 4.79 Å². The van der Waals surface area contributed by atoms with E-state index in [1.807, 2.05) is 4.90 Å². The molecular weight excluding hydrogens is 218 g/mol. The summed E-state index contributed by atoms with van der Waals surface area (Å²) in [4.78, 5) is 14.1. The zero-order valence-corrected chi connectivity index (χ0v) is 11.6. The van der Waals surface area contributed by atoms with Crippen molar-refractivity contribution in [2.75, 3.05) is 0 Å². The number of rotatable bonds is 3. The highest BCUT2D eigenvalue weighted by Crippen LogP contribution is 2.27. The molecular formula is C13H23NOS. The molecule has 2 nitrogen and oxygen atoms in total. The molecule has 16 heavy (non-hydrogen) atoms. The molecule has 3 heteroatoms. The third-order valence-corrected chi connectivity index (χ3v) is 3.89. The lowest BCUT2D eigenvalue weighted by molar-refractivity contribution is 0.190. The first-order chi connectivity index (χ1) is 7.52. The summed E-state index contributed by atoms with van der Waals surface area (Å²) in [5.41, 5.74) is 0. The second kappa shape index (κ2) is 6.33. The van der Waals surface area contributed by atoms with Crippen molar-refractivity contribution in [3.63, 3.8) is 0 Å². The van der Waals surface area contributed by atoms with Crippen LogP contribution in [0.3, 0.4) is 0 Å². The number of thioether (sulfide) groups is 1. The van der Waals surface area contributed by atoms with Crippen LogP contribution in [0.15, 0.2) is 12.2 Å². The molecule has 1 unspecified atom stereocenters. The van der Waals surface area contributed by atoms with Crippen LogP contribution < -0.4 is 0 Å². The second-order valence-corrected chi connectivity index (χ2v) is 6.07. The zero-order chi connectivity index (χ0) is 12.1. The SMILES string of the molecule is CC(C)N(C(=O)SC1C=CCCC1)C(C)C. The minimum Gasteiger partial charge on any atom is -0.329 e. The van der Waals surface area contributed by atoms with Crippen molar-refractivity contribution >= 4 is 17.0 Å². The molecule has 0 N–H and O–H groups in total. The van der Waals surface area contributed by atoms with Crippen LogP contribution in [0.5, 0.6) is 0 Å². The van der Waals surface area contributed by atoms with E-state index in [9.17, 15) is 4.79 Å². The van der Waals surface area contributed by atoms with Gasteiger partial charge in [-0.2, -0.15) is 0 Å². The third kappa shape index (κ3) is 3.85. The average molecular weight is 241 g/mol. The van der Waals surface area contributed by atoms with E-state index in [2.05, 4.69) is 39.8 Å². The number of hydrogen-bond acceptors (Lipinski definition) is 2. The van der Waals surface area contributed by atoms with E-state index in [1.165, 1.54) is 24.6 Å². The van der Waals surface area contributed by atoms with Crippen molar-refractivity contribution in [1.29, 1.82) is 0 Å². The van der Waals surface area contributed by atoms with Gasteiger partial charge in [0.15, 0.2) is 0 Å². The summed E-state index contributed by atoms with van der Waals surface area (Å²) in [5.74, 6) is 0. The van der Waals surface area contributed by atoms with Crippen molar-refractivity contribution < 1.29 is 4.79 Å². The number of carbonyl (C=O) groups excluding carboxylic acids is 1. The summed E-state index contributed by atoms with van der Waals surface area (Å²) in [5, 5.41) is 0.614. The van der Waals surface area contributed by atoms with E-state index in [0.29, 0.717) is 5.25 Å². The van der Waals surface area contributed by atoms with Gasteiger partial charge in [-0.1, -0.05) is 23.9 Å². The van der Waals surface area contributed by atoms with Gasteiger partial charge >= 0.3 is 0 Å². The first-order valence-electron chi connectivity index (χ1n) is 6.18. The Morgan fingerprint density at radius 2 is 1.94 bits per heavy atom. The van der Waals surface area contributed by atoms with Crippen molar-refractivity contribution in [2.45, 2.75) is 64.3 Å². The number of allylic oxidation sites excluding steroid dienone is 1. The molecule has 0 saturated heterocycles. The highest BCUT2D eigenvalue weighted by molar-refractivity contribution is 8.14. The first-order valence-corrected chi connectivity index (χ1v) is 7.06. The maximum Gasteiger partial charge on any atom is 0.282 e. The normalized spacial score (nSPS) is 20.5. The average Bonchev–Trinajstić information content (AvgIpc) is 2.17. The molecule has 0 heterocycles. The van der Waals surface area contributed by atoms with Crippen LogP contribution in [0.1, 0.15) is 47.0 Å². The molecule has 0 bridgehead atoms. The van der Waals surface area contributed by atoms with E-state index in [-0.39, 0.29) is 17.3 Å². The summed E-state index contributed by atoms with van der Waals surface area (Å²) >= 11 is 1.49. The van der Waals surface area contributed by atoms with Crippen molar-refractivity contribution in [3.8, 4) is 0 Å². The molecule has 1 aliphatic rings. The van der Waals surface area contributed by atoms with Gasteiger partial charge in [-0.3, -0.25) is 4.79 Å². The van der Waals surface area contributed by atoms with Crippen LogP contribution in [0.2, 0.25) is 0 Å². The van der Waals surface area contributed by atoms with Crippen LogP contribution in [-0.4, -0.2) is 27.5 Å². The molecule has 0 saturated carbocycles. The van der Waals surface area contributed by atoms with Gasteiger partial charge in [-0.15, -0.1) is 0 Å². The molecule has 0 aromatic carbocycles. The summed E-state index contributed by atoms with van der Waals surface area (Å²) in [6, 6.07) is 0.570. The molecule has 0 spiro atoms. The minimum absolute atomic E-state index is 0.224. The number of nitrogens with zero attached hydrogens (tertiary/aromatic N) is 1. The maximum atomic E-state index is 12.1. The van der Waals surface area contributed by atoms with Gasteiger partial charge in [0.1, 0.15) is 0 Å². The number of carbonyl (C=O) groups is 1. The van der Waals surface area contributed by atoms with Crippen molar-refractivity contribution in [3.05, 3.63) is 12.2 Å². The molecule has 0 aliphatic heterocycles. The minimum atomic E-state index is 0.224. The smallest absolute Gasteiger partial charge is 0.282 e. The van der Waals surface area contributed by atoms with Gasteiger partial charge in [0.05, 0.1) is 0 Å². The predicted octanol–water partition coefficient (Wildman–Crippen LogP) is 4.07. The Balaban J connectivity index is 2.54. The Bertz CT molecular complexity index is 253. The fourth-order valence-electron chi connectivity index (χ4n) is 2.09. The van der Waals surface area contributed by atoms with Gasteiger partial charge in [0.25, 0.3) is 5.24 Å². The highest BCUT2D eigenvalue weighted by atomic mass is 32.2. The van der Waals surface area contributed by atoms with Gasteiger partial charge in [-0.05, 0) is 47.0 Å². The topological polar surface area (TPSA) is 20.3 Å². The monoisotopic (exact) mass is 241 g/mol. The van der Waals surface area contributed by atoms with E-state index in [1.54, 1.807) is 0 Å². The second-order valence-electron chi connectivity index (χ2n) is 4.88. The third-order valence-electron chi connectivity index (χ3n) is 2.79. The van der Waals surface area contributed by atoms with E-state index in [0.717, 1.165) is 6.42 Å². The lowest BCUT2D eigenvalue weighted by Gasteiger charge is -2.31. The Morgan fingerprint density at radius 1 is 1.31 bits per heavy atom. The van der Waals surface area contributed by atoms with E-state index >= 15 is 0 Å². The lowest BCUT2D eigenvalue weighted by atomic mass is 10.1. The fourth-order valence-corrected chi connectivity index (χ4v) is 3.36. The Morgan fingerprint density at radius 3 is 2.38 bits per heavy atom. The molecule has 1 aliphatic carbocycles. The summed E-state index contributed by atoms with van der Waals surface area (Å²) in [7, 11) is 0. The molecule has 1 atom stereocenters. The Hall–Kier alpha value is -0.440. The fraction of sp³-hybridized carbons (Fsp3) is 0.769. The van der Waals surface area contributed by atoms with Crippen molar-refractivity contribution in [1.82, 2.24) is 4.90 Å². The van der Waals surface area contributed by atoms with Gasteiger partial charge < -0.3 is 4.90 Å². The van der Waals surface area contributed by atoms with Crippen LogP contribution in [-0.2, 0) is 0 Å². The van der Waals surface area contributed by atoms with Crippen molar-refractivity contribution in [2.24, 2.45) is 0 Å². The Labute approximate surface area is 103 Å². The molecule has 0 radical (unpaired) electrons. The molecule has 0 aromatic rings. The maximum absolute atomic E-state index is 12.1. The highest BCUT2D eigenvalue weighted by Gasteiger charge is 2.23. The van der Waals surface area contributed by atoms with Crippen LogP contribution in [0.25, 0.3) is 0 Å².